The standard InChI is InChI=1S/C21H26N4O3/c22-13-15-9-10-25(14-15)20(26)12-19(24-21(23)27)16-5-4-8-18(11-16)28-17-6-2-1-3-7-17/h1-8,11,15,19H,9-10,12-14,22H2,(H3,23,24,27). The first-order chi connectivity index (χ1) is 13.5. The summed E-state index contributed by atoms with van der Waals surface area (Å²) < 4.78 is 5.85. The number of carbonyl (C=O) groups excluding carboxylic acids is 2. The topological polar surface area (TPSA) is 111 Å². The molecule has 0 spiro atoms. The summed E-state index contributed by atoms with van der Waals surface area (Å²) >= 11 is 0. The van der Waals surface area contributed by atoms with E-state index >= 15 is 0 Å². The van der Waals surface area contributed by atoms with Crippen LogP contribution in [0.1, 0.15) is 24.4 Å². The molecule has 0 bridgehead atoms. The Hall–Kier alpha value is -3.06. The van der Waals surface area contributed by atoms with Gasteiger partial charge in [0.1, 0.15) is 11.5 Å². The summed E-state index contributed by atoms with van der Waals surface area (Å²) in [5.41, 5.74) is 11.8. The molecule has 1 heterocycles. The van der Waals surface area contributed by atoms with Gasteiger partial charge in [-0.2, -0.15) is 0 Å². The number of nitrogens with zero attached hydrogens (tertiary/aromatic N) is 1. The van der Waals surface area contributed by atoms with Crippen LogP contribution < -0.4 is 21.5 Å². The van der Waals surface area contributed by atoms with Gasteiger partial charge in [0, 0.05) is 13.1 Å². The molecule has 0 saturated carbocycles. The maximum absolute atomic E-state index is 12.7. The van der Waals surface area contributed by atoms with Crippen LogP contribution in [0, 0.1) is 5.92 Å². The van der Waals surface area contributed by atoms with Crippen LogP contribution in [-0.2, 0) is 4.79 Å². The molecule has 1 aliphatic rings. The van der Waals surface area contributed by atoms with Gasteiger partial charge in [0.2, 0.25) is 5.91 Å². The van der Waals surface area contributed by atoms with Crippen molar-refractivity contribution in [2.75, 3.05) is 19.6 Å². The second-order valence-electron chi connectivity index (χ2n) is 6.98. The van der Waals surface area contributed by atoms with Gasteiger partial charge in [-0.3, -0.25) is 4.79 Å². The van der Waals surface area contributed by atoms with Crippen molar-refractivity contribution in [2.24, 2.45) is 17.4 Å². The Kier molecular flexibility index (Phi) is 6.49. The molecule has 2 aromatic rings. The number of para-hydroxylation sites is 1. The fourth-order valence-corrected chi connectivity index (χ4v) is 3.40. The molecule has 0 radical (unpaired) electrons. The highest BCUT2D eigenvalue weighted by atomic mass is 16.5. The van der Waals surface area contributed by atoms with Gasteiger partial charge in [-0.05, 0) is 48.7 Å². The summed E-state index contributed by atoms with van der Waals surface area (Å²) in [6.45, 7) is 1.93. The van der Waals surface area contributed by atoms with Crippen molar-refractivity contribution in [3.8, 4) is 11.5 Å². The predicted octanol–water partition coefficient (Wildman–Crippen LogP) is 2.39. The molecule has 1 fully saturated rings. The van der Waals surface area contributed by atoms with E-state index in [1.54, 1.807) is 4.90 Å². The van der Waals surface area contributed by atoms with E-state index in [-0.39, 0.29) is 12.3 Å². The predicted molar refractivity (Wildman–Crippen MR) is 107 cm³/mol. The number of carbonyl (C=O) groups is 2. The third-order valence-corrected chi connectivity index (χ3v) is 4.91. The molecule has 5 N–H and O–H groups in total. The summed E-state index contributed by atoms with van der Waals surface area (Å²) in [5.74, 6) is 1.65. The number of nitrogens with two attached hydrogens (primary N) is 2. The quantitative estimate of drug-likeness (QED) is 0.683. The number of nitrogens with one attached hydrogen (secondary N) is 1. The third-order valence-electron chi connectivity index (χ3n) is 4.91. The lowest BCUT2D eigenvalue weighted by molar-refractivity contribution is -0.130. The van der Waals surface area contributed by atoms with E-state index in [0.29, 0.717) is 37.1 Å². The van der Waals surface area contributed by atoms with Gasteiger partial charge in [-0.15, -0.1) is 0 Å². The lowest BCUT2D eigenvalue weighted by atomic mass is 10.0. The first-order valence-electron chi connectivity index (χ1n) is 9.42. The molecule has 3 rings (SSSR count). The molecule has 2 unspecified atom stereocenters. The van der Waals surface area contributed by atoms with Gasteiger partial charge < -0.3 is 26.4 Å². The summed E-state index contributed by atoms with van der Waals surface area (Å²) in [5, 5.41) is 2.68. The number of urea groups is 1. The molecule has 0 aromatic heterocycles. The van der Waals surface area contributed by atoms with E-state index in [0.717, 1.165) is 12.0 Å². The number of likely N-dealkylation sites (tertiary alicyclic amines) is 1. The minimum absolute atomic E-state index is 0.0240. The van der Waals surface area contributed by atoms with Crippen LogP contribution in [0.5, 0.6) is 11.5 Å². The molecular formula is C21H26N4O3. The second-order valence-corrected chi connectivity index (χ2v) is 6.98. The Bertz CT molecular complexity index is 812. The lowest BCUT2D eigenvalue weighted by Gasteiger charge is -2.22. The number of benzene rings is 2. The Balaban J connectivity index is 1.73. The molecule has 7 heteroatoms. The van der Waals surface area contributed by atoms with E-state index in [4.69, 9.17) is 16.2 Å². The van der Waals surface area contributed by atoms with E-state index in [1.807, 2.05) is 54.6 Å². The van der Waals surface area contributed by atoms with Crippen LogP contribution in [0.2, 0.25) is 0 Å². The van der Waals surface area contributed by atoms with E-state index in [2.05, 4.69) is 5.32 Å². The average Bonchev–Trinajstić information content (AvgIpc) is 3.17. The van der Waals surface area contributed by atoms with Crippen LogP contribution in [0.25, 0.3) is 0 Å². The minimum atomic E-state index is -0.673. The summed E-state index contributed by atoms with van der Waals surface area (Å²) in [6, 6.07) is 15.5. The molecule has 148 valence electrons. The molecule has 3 amide bonds. The number of rotatable bonds is 7. The van der Waals surface area contributed by atoms with E-state index < -0.39 is 12.1 Å². The zero-order chi connectivity index (χ0) is 19.9. The van der Waals surface area contributed by atoms with Crippen molar-refractivity contribution in [3.05, 3.63) is 60.2 Å². The van der Waals surface area contributed by atoms with Crippen molar-refractivity contribution < 1.29 is 14.3 Å². The zero-order valence-electron chi connectivity index (χ0n) is 15.7. The van der Waals surface area contributed by atoms with Crippen molar-refractivity contribution in [2.45, 2.75) is 18.9 Å². The van der Waals surface area contributed by atoms with Gasteiger partial charge in [0.05, 0.1) is 12.5 Å². The molecule has 1 aliphatic heterocycles. The van der Waals surface area contributed by atoms with Crippen LogP contribution in [-0.4, -0.2) is 36.5 Å². The van der Waals surface area contributed by atoms with Crippen LogP contribution in [0.15, 0.2) is 54.6 Å². The fourth-order valence-electron chi connectivity index (χ4n) is 3.40. The second kappa shape index (κ2) is 9.23. The normalized spacial score (nSPS) is 17.2. The number of ether oxygens (including phenoxy) is 1. The number of hydrogen-bond acceptors (Lipinski definition) is 4. The average molecular weight is 382 g/mol. The van der Waals surface area contributed by atoms with Gasteiger partial charge in [0.25, 0.3) is 0 Å². The Morgan fingerprint density at radius 2 is 1.89 bits per heavy atom. The maximum Gasteiger partial charge on any atom is 0.312 e. The monoisotopic (exact) mass is 382 g/mol. The minimum Gasteiger partial charge on any atom is -0.457 e. The van der Waals surface area contributed by atoms with E-state index in [1.165, 1.54) is 0 Å². The molecule has 2 aromatic carbocycles. The van der Waals surface area contributed by atoms with Crippen molar-refractivity contribution in [3.63, 3.8) is 0 Å². The maximum atomic E-state index is 12.7. The van der Waals surface area contributed by atoms with Gasteiger partial charge in [-0.25, -0.2) is 4.79 Å². The van der Waals surface area contributed by atoms with E-state index in [9.17, 15) is 9.59 Å². The third kappa shape index (κ3) is 5.23. The summed E-state index contributed by atoms with van der Waals surface area (Å²) in [4.78, 5) is 26.0. The summed E-state index contributed by atoms with van der Waals surface area (Å²) in [6.07, 6.45) is 1.05. The van der Waals surface area contributed by atoms with Crippen molar-refractivity contribution in [1.82, 2.24) is 10.2 Å². The highest BCUT2D eigenvalue weighted by molar-refractivity contribution is 5.79. The number of primary amides is 1. The zero-order valence-corrected chi connectivity index (χ0v) is 15.7. The molecule has 7 nitrogen and oxygen atoms in total. The molecular weight excluding hydrogens is 356 g/mol. The smallest absolute Gasteiger partial charge is 0.312 e. The number of hydrogen-bond donors (Lipinski definition) is 3. The van der Waals surface area contributed by atoms with Gasteiger partial charge in [-0.1, -0.05) is 30.3 Å². The molecule has 0 aliphatic carbocycles. The highest BCUT2D eigenvalue weighted by Crippen LogP contribution is 2.27. The lowest BCUT2D eigenvalue weighted by Crippen LogP contribution is -2.38. The molecule has 28 heavy (non-hydrogen) atoms. The van der Waals surface area contributed by atoms with Crippen LogP contribution in [0.3, 0.4) is 0 Å². The Labute approximate surface area is 164 Å². The summed E-state index contributed by atoms with van der Waals surface area (Å²) in [7, 11) is 0. The van der Waals surface area contributed by atoms with Crippen LogP contribution >= 0.6 is 0 Å². The highest BCUT2D eigenvalue weighted by Gasteiger charge is 2.28. The van der Waals surface area contributed by atoms with Gasteiger partial charge in [0.15, 0.2) is 0 Å². The van der Waals surface area contributed by atoms with Crippen LogP contribution in [0.4, 0.5) is 4.79 Å². The molecule has 2 atom stereocenters. The Morgan fingerprint density at radius 1 is 1.14 bits per heavy atom. The first kappa shape index (κ1) is 19.7. The van der Waals surface area contributed by atoms with Crippen molar-refractivity contribution >= 4 is 11.9 Å². The SMILES string of the molecule is NCC1CCN(C(=O)CC(NC(N)=O)c2cccc(Oc3ccccc3)c2)C1. The largest absolute Gasteiger partial charge is 0.457 e. The number of amides is 3. The van der Waals surface area contributed by atoms with Crippen molar-refractivity contribution in [1.29, 1.82) is 0 Å². The Morgan fingerprint density at radius 3 is 2.57 bits per heavy atom. The van der Waals surface area contributed by atoms with Gasteiger partial charge >= 0.3 is 6.03 Å². The fraction of sp³-hybridized carbons (Fsp3) is 0.333. The first-order valence-corrected chi connectivity index (χ1v) is 9.42. The molecule has 1 saturated heterocycles.